The molecule has 1 heterocycles. The van der Waals surface area contributed by atoms with Crippen LogP contribution in [-0.4, -0.2) is 34.5 Å². The van der Waals surface area contributed by atoms with Gasteiger partial charge in [-0.3, -0.25) is 4.79 Å². The highest BCUT2D eigenvalue weighted by molar-refractivity contribution is 5.77. The third-order valence-corrected chi connectivity index (χ3v) is 2.74. The number of urea groups is 1. The van der Waals surface area contributed by atoms with E-state index in [4.69, 9.17) is 6.42 Å². The van der Waals surface area contributed by atoms with E-state index in [9.17, 15) is 9.59 Å². The molecule has 1 aromatic carbocycles. The van der Waals surface area contributed by atoms with Gasteiger partial charge in [-0.05, 0) is 12.1 Å². The van der Waals surface area contributed by atoms with Gasteiger partial charge in [0.2, 0.25) is 0 Å². The maximum atomic E-state index is 11.9. The summed E-state index contributed by atoms with van der Waals surface area (Å²) < 4.78 is 0. The number of amides is 2. The number of terminal acetylenes is 1. The molecule has 2 aromatic rings. The van der Waals surface area contributed by atoms with Gasteiger partial charge in [-0.2, -0.15) is 0 Å². The Balaban J connectivity index is 2.20. The lowest BCUT2D eigenvalue weighted by Gasteiger charge is -2.16. The summed E-state index contributed by atoms with van der Waals surface area (Å²) in [5.41, 5.74) is 0.381. The first-order valence-corrected chi connectivity index (χ1v) is 6.02. The van der Waals surface area contributed by atoms with Crippen LogP contribution >= 0.6 is 0 Å². The third-order valence-electron chi connectivity index (χ3n) is 2.74. The summed E-state index contributed by atoms with van der Waals surface area (Å²) in [6, 6.07) is 6.72. The lowest BCUT2D eigenvalue weighted by molar-refractivity contribution is 0.207. The van der Waals surface area contributed by atoms with Crippen molar-refractivity contribution in [2.24, 2.45) is 0 Å². The summed E-state index contributed by atoms with van der Waals surface area (Å²) in [6.07, 6.45) is 5.07. The average Bonchev–Trinajstić information content (AvgIpc) is 2.44. The second kappa shape index (κ2) is 5.89. The van der Waals surface area contributed by atoms with Crippen LogP contribution in [-0.2, 0) is 6.54 Å². The van der Waals surface area contributed by atoms with E-state index in [-0.39, 0.29) is 24.7 Å². The summed E-state index contributed by atoms with van der Waals surface area (Å²) in [5.74, 6) is 2.74. The van der Waals surface area contributed by atoms with E-state index in [0.717, 1.165) is 0 Å². The number of H-pyrrole nitrogens is 1. The van der Waals surface area contributed by atoms with Gasteiger partial charge in [-0.15, -0.1) is 6.42 Å². The molecule has 0 saturated heterocycles. The molecular weight excluding hydrogens is 256 g/mol. The Labute approximate surface area is 115 Å². The molecule has 2 rings (SSSR count). The van der Waals surface area contributed by atoms with Gasteiger partial charge in [0.15, 0.2) is 0 Å². The minimum Gasteiger partial charge on any atom is -0.327 e. The number of nitrogens with zero attached hydrogens (tertiary/aromatic N) is 2. The number of aromatic amines is 1. The van der Waals surface area contributed by atoms with Crippen molar-refractivity contribution in [1.29, 1.82) is 0 Å². The fraction of sp³-hybridized carbons (Fsp3) is 0.214. The van der Waals surface area contributed by atoms with Gasteiger partial charge in [-0.25, -0.2) is 9.78 Å². The molecule has 0 radical (unpaired) electrons. The number of benzene rings is 1. The Morgan fingerprint density at radius 2 is 2.25 bits per heavy atom. The van der Waals surface area contributed by atoms with Crippen molar-refractivity contribution in [2.75, 3.05) is 13.6 Å². The molecule has 20 heavy (non-hydrogen) atoms. The first kappa shape index (κ1) is 13.6. The number of hydrogen-bond donors (Lipinski definition) is 2. The second-order valence-corrected chi connectivity index (χ2v) is 4.25. The third kappa shape index (κ3) is 2.95. The van der Waals surface area contributed by atoms with E-state index >= 15 is 0 Å². The highest BCUT2D eigenvalue weighted by atomic mass is 16.2. The Bertz CT molecular complexity index is 730. The zero-order valence-corrected chi connectivity index (χ0v) is 11.0. The smallest absolute Gasteiger partial charge is 0.318 e. The molecule has 0 spiro atoms. The molecule has 0 unspecified atom stereocenters. The summed E-state index contributed by atoms with van der Waals surface area (Å²) in [4.78, 5) is 31.9. The normalized spacial score (nSPS) is 10.0. The van der Waals surface area contributed by atoms with Gasteiger partial charge in [0.1, 0.15) is 5.82 Å². The van der Waals surface area contributed by atoms with Crippen molar-refractivity contribution < 1.29 is 4.79 Å². The summed E-state index contributed by atoms with van der Waals surface area (Å²) in [6.45, 7) is 0.349. The molecule has 2 amide bonds. The molecule has 6 nitrogen and oxygen atoms in total. The zero-order valence-electron chi connectivity index (χ0n) is 11.0. The van der Waals surface area contributed by atoms with Crippen LogP contribution in [0.5, 0.6) is 0 Å². The number of nitrogens with one attached hydrogen (secondary N) is 2. The van der Waals surface area contributed by atoms with E-state index in [1.807, 2.05) is 6.07 Å². The molecule has 0 aliphatic heterocycles. The van der Waals surface area contributed by atoms with Crippen LogP contribution in [0.25, 0.3) is 10.9 Å². The molecule has 0 bridgehead atoms. The standard InChI is InChI=1S/C14H14N4O2/c1-3-8-15-14(20)18(2)9-12-16-11-7-5-4-6-10(11)13(19)17-12/h1,4-7H,8-9H2,2H3,(H,15,20)(H,16,17,19). The maximum absolute atomic E-state index is 11.9. The number of carbonyl (C=O) groups is 1. The fourth-order valence-corrected chi connectivity index (χ4v) is 1.77. The monoisotopic (exact) mass is 270 g/mol. The predicted molar refractivity (Wildman–Crippen MR) is 76.1 cm³/mol. The number of aromatic nitrogens is 2. The largest absolute Gasteiger partial charge is 0.327 e. The van der Waals surface area contributed by atoms with Crippen LogP contribution in [0, 0.1) is 12.3 Å². The van der Waals surface area contributed by atoms with Crippen LogP contribution in [0.4, 0.5) is 4.79 Å². The molecule has 1 aromatic heterocycles. The van der Waals surface area contributed by atoms with E-state index in [1.54, 1.807) is 25.2 Å². The Hall–Kier alpha value is -2.81. The summed E-state index contributed by atoms with van der Waals surface area (Å²) in [7, 11) is 1.60. The van der Waals surface area contributed by atoms with Gasteiger partial charge in [0.25, 0.3) is 5.56 Å². The number of carbonyl (C=O) groups excluding carboxylic acids is 1. The molecule has 0 saturated carbocycles. The molecule has 0 aliphatic carbocycles. The van der Waals surface area contributed by atoms with E-state index in [1.165, 1.54) is 4.90 Å². The predicted octanol–water partition coefficient (Wildman–Crippen LogP) is 0.698. The molecular formula is C14H14N4O2. The number of fused-ring (bicyclic) bond motifs is 1. The second-order valence-electron chi connectivity index (χ2n) is 4.25. The number of rotatable bonds is 3. The molecule has 0 fully saturated rings. The van der Waals surface area contributed by atoms with E-state index in [2.05, 4.69) is 21.2 Å². The van der Waals surface area contributed by atoms with Crippen molar-refractivity contribution in [3.05, 3.63) is 40.4 Å². The minimum atomic E-state index is -0.321. The van der Waals surface area contributed by atoms with Crippen LogP contribution in [0.3, 0.4) is 0 Å². The highest BCUT2D eigenvalue weighted by Crippen LogP contribution is 2.06. The van der Waals surface area contributed by atoms with Crippen molar-refractivity contribution >= 4 is 16.9 Å². The van der Waals surface area contributed by atoms with Crippen molar-refractivity contribution in [1.82, 2.24) is 20.2 Å². The molecule has 0 aliphatic rings. The first-order chi connectivity index (χ1) is 9.61. The quantitative estimate of drug-likeness (QED) is 0.806. The SMILES string of the molecule is C#CCNC(=O)N(C)Cc1nc2ccccc2c(=O)[nH]1. The van der Waals surface area contributed by atoms with Gasteiger partial charge in [-0.1, -0.05) is 18.1 Å². The molecule has 6 heteroatoms. The highest BCUT2D eigenvalue weighted by Gasteiger charge is 2.10. The van der Waals surface area contributed by atoms with Crippen molar-refractivity contribution in [3.63, 3.8) is 0 Å². The summed E-state index contributed by atoms with van der Waals surface area (Å²) in [5, 5.41) is 3.06. The van der Waals surface area contributed by atoms with Crippen LogP contribution in [0.1, 0.15) is 5.82 Å². The fourth-order valence-electron chi connectivity index (χ4n) is 1.77. The lowest BCUT2D eigenvalue weighted by Crippen LogP contribution is -2.37. The van der Waals surface area contributed by atoms with Crippen molar-refractivity contribution in [2.45, 2.75) is 6.54 Å². The van der Waals surface area contributed by atoms with Gasteiger partial charge < -0.3 is 15.2 Å². The van der Waals surface area contributed by atoms with Gasteiger partial charge >= 0.3 is 6.03 Å². The maximum Gasteiger partial charge on any atom is 0.318 e. The van der Waals surface area contributed by atoms with Crippen LogP contribution in [0.15, 0.2) is 29.1 Å². The summed E-state index contributed by atoms with van der Waals surface area (Å²) >= 11 is 0. The van der Waals surface area contributed by atoms with Crippen molar-refractivity contribution in [3.8, 4) is 12.3 Å². The molecule has 102 valence electrons. The Morgan fingerprint density at radius 3 is 3.00 bits per heavy atom. The van der Waals surface area contributed by atoms with E-state index < -0.39 is 0 Å². The lowest BCUT2D eigenvalue weighted by atomic mass is 10.2. The average molecular weight is 270 g/mol. The zero-order chi connectivity index (χ0) is 14.5. The van der Waals surface area contributed by atoms with Gasteiger partial charge in [0.05, 0.1) is 24.0 Å². The number of para-hydroxylation sites is 1. The Morgan fingerprint density at radius 1 is 1.50 bits per heavy atom. The molecule has 2 N–H and O–H groups in total. The minimum absolute atomic E-state index is 0.158. The topological polar surface area (TPSA) is 78.1 Å². The van der Waals surface area contributed by atoms with Crippen LogP contribution < -0.4 is 10.9 Å². The Kier molecular flexibility index (Phi) is 4.01. The first-order valence-electron chi connectivity index (χ1n) is 6.02. The van der Waals surface area contributed by atoms with E-state index in [0.29, 0.717) is 16.7 Å². The van der Waals surface area contributed by atoms with Crippen LogP contribution in [0.2, 0.25) is 0 Å². The van der Waals surface area contributed by atoms with Gasteiger partial charge in [0, 0.05) is 7.05 Å². The number of hydrogen-bond acceptors (Lipinski definition) is 3. The molecule has 0 atom stereocenters.